The van der Waals surface area contributed by atoms with Gasteiger partial charge in [0.1, 0.15) is 5.78 Å². The Morgan fingerprint density at radius 2 is 1.83 bits per heavy atom. The first-order valence-corrected chi connectivity index (χ1v) is 9.04. The molecule has 0 aliphatic heterocycles. The zero-order valence-electron chi connectivity index (χ0n) is 13.8. The Morgan fingerprint density at radius 3 is 2.57 bits per heavy atom. The molecule has 0 amide bonds. The van der Waals surface area contributed by atoms with Gasteiger partial charge in [0.25, 0.3) is 0 Å². The Labute approximate surface area is 137 Å². The van der Waals surface area contributed by atoms with Crippen molar-refractivity contribution in [1.82, 2.24) is 0 Å². The van der Waals surface area contributed by atoms with Crippen LogP contribution in [0.4, 0.5) is 0 Å². The number of rotatable bonds is 1. The second-order valence-corrected chi connectivity index (χ2v) is 8.40. The SMILES string of the molecule is C[C@]12CC[C@H]3[C@@H](CCC4=C(O)C(=O)CC[C@@]43CO)[C@@H]1CCC2=O. The average Bonchev–Trinajstić information content (AvgIpc) is 2.86. The molecule has 2 N–H and O–H groups in total. The first-order chi connectivity index (χ1) is 10.9. The third kappa shape index (κ3) is 1.81. The van der Waals surface area contributed by atoms with Gasteiger partial charge in [-0.05, 0) is 61.9 Å². The highest BCUT2D eigenvalue weighted by Crippen LogP contribution is 2.64. The van der Waals surface area contributed by atoms with Crippen LogP contribution in [0.15, 0.2) is 11.3 Å². The lowest BCUT2D eigenvalue weighted by molar-refractivity contribution is -0.134. The van der Waals surface area contributed by atoms with Crippen LogP contribution in [0.5, 0.6) is 0 Å². The molecule has 0 spiro atoms. The van der Waals surface area contributed by atoms with Crippen LogP contribution >= 0.6 is 0 Å². The van der Waals surface area contributed by atoms with Crippen molar-refractivity contribution in [2.24, 2.45) is 28.6 Å². The van der Waals surface area contributed by atoms with Crippen LogP contribution in [0.2, 0.25) is 0 Å². The maximum atomic E-state index is 12.4. The number of ketones is 2. The zero-order valence-corrected chi connectivity index (χ0v) is 13.8. The van der Waals surface area contributed by atoms with Gasteiger partial charge in [-0.15, -0.1) is 0 Å². The van der Waals surface area contributed by atoms with E-state index in [0.717, 1.165) is 31.3 Å². The van der Waals surface area contributed by atoms with Crippen molar-refractivity contribution in [2.75, 3.05) is 6.61 Å². The van der Waals surface area contributed by atoms with Crippen LogP contribution < -0.4 is 0 Å². The number of Topliss-reactive ketones (excluding diaryl/α,β-unsaturated/α-hetero) is 2. The molecule has 3 saturated carbocycles. The molecule has 0 bridgehead atoms. The molecule has 4 heteroatoms. The van der Waals surface area contributed by atoms with E-state index in [9.17, 15) is 19.8 Å². The predicted octanol–water partition coefficient (Wildman–Crippen LogP) is 2.95. The second kappa shape index (κ2) is 4.92. The van der Waals surface area contributed by atoms with Crippen molar-refractivity contribution >= 4 is 11.6 Å². The number of aliphatic hydroxyl groups is 2. The van der Waals surface area contributed by atoms with Crippen molar-refractivity contribution in [3.8, 4) is 0 Å². The van der Waals surface area contributed by atoms with Gasteiger partial charge in [0, 0.05) is 23.7 Å². The Bertz CT molecular complexity index is 606. The van der Waals surface area contributed by atoms with Gasteiger partial charge in [-0.25, -0.2) is 0 Å². The molecule has 4 aliphatic rings. The van der Waals surface area contributed by atoms with E-state index >= 15 is 0 Å². The quantitative estimate of drug-likeness (QED) is 0.779. The molecule has 0 radical (unpaired) electrons. The Balaban J connectivity index is 1.76. The van der Waals surface area contributed by atoms with Crippen molar-refractivity contribution in [3.05, 3.63) is 11.3 Å². The van der Waals surface area contributed by atoms with Crippen molar-refractivity contribution in [1.29, 1.82) is 0 Å². The maximum absolute atomic E-state index is 12.4. The topological polar surface area (TPSA) is 74.6 Å². The Hall–Kier alpha value is -1.16. The molecule has 0 aromatic carbocycles. The molecule has 4 rings (SSSR count). The summed E-state index contributed by atoms with van der Waals surface area (Å²) in [6.45, 7) is 2.15. The lowest BCUT2D eigenvalue weighted by atomic mass is 9.47. The summed E-state index contributed by atoms with van der Waals surface area (Å²) in [5.74, 6) is 1.34. The van der Waals surface area contributed by atoms with E-state index in [2.05, 4.69) is 6.92 Å². The minimum atomic E-state index is -0.423. The molecule has 4 aliphatic carbocycles. The molecular weight excluding hydrogens is 292 g/mol. The van der Waals surface area contributed by atoms with Crippen LogP contribution in [-0.4, -0.2) is 28.4 Å². The van der Waals surface area contributed by atoms with Crippen LogP contribution in [0.1, 0.15) is 58.3 Å². The summed E-state index contributed by atoms with van der Waals surface area (Å²) in [7, 11) is 0. The van der Waals surface area contributed by atoms with E-state index in [1.54, 1.807) is 0 Å². The number of hydrogen-bond donors (Lipinski definition) is 2. The summed E-state index contributed by atoms with van der Waals surface area (Å²) in [4.78, 5) is 24.3. The van der Waals surface area contributed by atoms with E-state index < -0.39 is 5.41 Å². The normalized spacial score (nSPS) is 46.4. The second-order valence-electron chi connectivity index (χ2n) is 8.40. The molecule has 0 aromatic heterocycles. The fourth-order valence-corrected chi connectivity index (χ4v) is 6.54. The first kappa shape index (κ1) is 15.4. The molecule has 5 atom stereocenters. The van der Waals surface area contributed by atoms with E-state index in [0.29, 0.717) is 49.2 Å². The molecule has 0 heterocycles. The summed E-state index contributed by atoms with van der Waals surface area (Å²) in [5.41, 5.74) is 0.213. The number of hydrogen-bond acceptors (Lipinski definition) is 4. The minimum absolute atomic E-state index is 0.0121. The minimum Gasteiger partial charge on any atom is -0.504 e. The highest BCUT2D eigenvalue weighted by atomic mass is 16.3. The van der Waals surface area contributed by atoms with Crippen LogP contribution in [-0.2, 0) is 9.59 Å². The standard InChI is InChI=1S/C19H26O4/c1-18-8-6-13-11(12(18)4-5-16(18)22)2-3-14-17(23)15(21)7-9-19(13,14)10-20/h11-13,20,23H,2-10H2,1H3/t11-,12-,13-,18-,19-/m0/s1. The number of carbonyl (C=O) groups is 2. The summed E-state index contributed by atoms with van der Waals surface area (Å²) in [5, 5.41) is 20.6. The fraction of sp³-hybridized carbons (Fsp3) is 0.789. The van der Waals surface area contributed by atoms with Crippen molar-refractivity contribution < 1.29 is 19.8 Å². The van der Waals surface area contributed by atoms with Crippen molar-refractivity contribution in [2.45, 2.75) is 58.3 Å². The van der Waals surface area contributed by atoms with Gasteiger partial charge in [-0.3, -0.25) is 9.59 Å². The number of aliphatic hydroxyl groups excluding tert-OH is 2. The fourth-order valence-electron chi connectivity index (χ4n) is 6.54. The van der Waals surface area contributed by atoms with Gasteiger partial charge in [0.05, 0.1) is 6.61 Å². The summed E-state index contributed by atoms with van der Waals surface area (Å²) >= 11 is 0. The van der Waals surface area contributed by atoms with E-state index in [1.807, 2.05) is 0 Å². The van der Waals surface area contributed by atoms with Crippen LogP contribution in [0.3, 0.4) is 0 Å². The Morgan fingerprint density at radius 1 is 1.04 bits per heavy atom. The maximum Gasteiger partial charge on any atom is 0.197 e. The largest absolute Gasteiger partial charge is 0.504 e. The van der Waals surface area contributed by atoms with Gasteiger partial charge in [-0.2, -0.15) is 0 Å². The molecular formula is C19H26O4. The summed E-state index contributed by atoms with van der Waals surface area (Å²) in [6, 6.07) is 0. The van der Waals surface area contributed by atoms with E-state index in [-0.39, 0.29) is 23.6 Å². The van der Waals surface area contributed by atoms with Crippen molar-refractivity contribution in [3.63, 3.8) is 0 Å². The van der Waals surface area contributed by atoms with Crippen LogP contribution in [0.25, 0.3) is 0 Å². The van der Waals surface area contributed by atoms with Gasteiger partial charge in [-0.1, -0.05) is 6.92 Å². The van der Waals surface area contributed by atoms with Crippen LogP contribution in [0, 0.1) is 28.6 Å². The monoisotopic (exact) mass is 318 g/mol. The zero-order chi connectivity index (χ0) is 16.4. The molecule has 3 fully saturated rings. The van der Waals surface area contributed by atoms with Gasteiger partial charge < -0.3 is 10.2 Å². The highest BCUT2D eigenvalue weighted by Gasteiger charge is 2.60. The number of carbonyl (C=O) groups excluding carboxylic acids is 2. The third-order valence-electron chi connectivity index (χ3n) is 7.81. The average molecular weight is 318 g/mol. The predicted molar refractivity (Wildman–Crippen MR) is 84.7 cm³/mol. The van der Waals surface area contributed by atoms with Gasteiger partial charge in [0.2, 0.25) is 0 Å². The van der Waals surface area contributed by atoms with Gasteiger partial charge in [0.15, 0.2) is 11.5 Å². The third-order valence-corrected chi connectivity index (χ3v) is 7.81. The highest BCUT2D eigenvalue weighted by molar-refractivity contribution is 5.95. The van der Waals surface area contributed by atoms with Gasteiger partial charge >= 0.3 is 0 Å². The molecule has 0 unspecified atom stereocenters. The summed E-state index contributed by atoms with van der Waals surface area (Å²) in [6.07, 6.45) is 6.11. The molecule has 0 saturated heterocycles. The molecule has 0 aromatic rings. The van der Waals surface area contributed by atoms with E-state index in [1.165, 1.54) is 0 Å². The smallest absolute Gasteiger partial charge is 0.197 e. The Kier molecular flexibility index (Phi) is 3.29. The molecule has 4 nitrogen and oxygen atoms in total. The first-order valence-electron chi connectivity index (χ1n) is 9.04. The van der Waals surface area contributed by atoms with E-state index in [4.69, 9.17) is 0 Å². The molecule has 23 heavy (non-hydrogen) atoms. The molecule has 126 valence electrons. The summed E-state index contributed by atoms with van der Waals surface area (Å²) < 4.78 is 0. The lowest BCUT2D eigenvalue weighted by Crippen LogP contribution is -2.53. The lowest BCUT2D eigenvalue weighted by Gasteiger charge is -2.57. The number of fused-ring (bicyclic) bond motifs is 5.